The molecule has 0 saturated heterocycles. The van der Waals surface area contributed by atoms with E-state index in [1.54, 1.807) is 0 Å². The number of hydrogen-bond acceptors (Lipinski definition) is 2. The zero-order chi connectivity index (χ0) is 11.1. The van der Waals surface area contributed by atoms with Crippen molar-refractivity contribution in [2.24, 2.45) is 0 Å². The number of carbonyl (C=O) groups is 2. The molecular weight excluding hydrogens is 229 g/mol. The molecule has 0 fully saturated rings. The van der Waals surface area contributed by atoms with Crippen LogP contribution in [0, 0.1) is 0 Å². The highest BCUT2D eigenvalue weighted by atomic mass is 35.5. The molecule has 1 atom stereocenters. The van der Waals surface area contributed by atoms with Crippen LogP contribution >= 0.6 is 23.2 Å². The maximum atomic E-state index is 11.0. The molecule has 82 valence electrons. The van der Waals surface area contributed by atoms with Crippen molar-refractivity contribution in [2.45, 2.75) is 37.1 Å². The first-order valence-electron chi connectivity index (χ1n) is 4.30. The van der Waals surface area contributed by atoms with Crippen molar-refractivity contribution in [1.82, 2.24) is 5.32 Å². The van der Waals surface area contributed by atoms with Crippen LogP contribution in [0.5, 0.6) is 0 Å². The zero-order valence-electron chi connectivity index (χ0n) is 7.80. The summed E-state index contributed by atoms with van der Waals surface area (Å²) >= 11 is 10.5. The van der Waals surface area contributed by atoms with Crippen LogP contribution in [0.3, 0.4) is 0 Å². The van der Waals surface area contributed by atoms with E-state index in [4.69, 9.17) is 28.3 Å². The van der Waals surface area contributed by atoms with Gasteiger partial charge in [0.15, 0.2) is 4.84 Å². The molecule has 4 nitrogen and oxygen atoms in total. The highest BCUT2D eigenvalue weighted by Crippen LogP contribution is 2.05. The fourth-order valence-electron chi connectivity index (χ4n) is 0.900. The first kappa shape index (κ1) is 13.5. The van der Waals surface area contributed by atoms with Gasteiger partial charge in [0.05, 0.1) is 0 Å². The lowest BCUT2D eigenvalue weighted by molar-refractivity contribution is -0.141. The fourth-order valence-corrected chi connectivity index (χ4v) is 1.03. The molecule has 0 aliphatic carbocycles. The monoisotopic (exact) mass is 241 g/mol. The summed E-state index contributed by atoms with van der Waals surface area (Å²) in [5.74, 6) is -1.74. The SMILES string of the molecule is CCCC[C@H](NC(=O)C(Cl)Cl)C(=O)O. The molecule has 0 aromatic rings. The van der Waals surface area contributed by atoms with Gasteiger partial charge in [0.25, 0.3) is 5.91 Å². The van der Waals surface area contributed by atoms with E-state index in [9.17, 15) is 9.59 Å². The predicted molar refractivity (Wildman–Crippen MR) is 54.6 cm³/mol. The van der Waals surface area contributed by atoms with Gasteiger partial charge in [-0.05, 0) is 6.42 Å². The molecule has 0 heterocycles. The molecule has 6 heteroatoms. The number of nitrogens with one attached hydrogen (secondary N) is 1. The van der Waals surface area contributed by atoms with Crippen molar-refractivity contribution in [3.8, 4) is 0 Å². The Morgan fingerprint density at radius 2 is 2.00 bits per heavy atom. The largest absolute Gasteiger partial charge is 0.480 e. The topological polar surface area (TPSA) is 66.4 Å². The Kier molecular flexibility index (Phi) is 6.66. The lowest BCUT2D eigenvalue weighted by Crippen LogP contribution is -2.42. The van der Waals surface area contributed by atoms with Crippen LogP contribution < -0.4 is 5.32 Å². The van der Waals surface area contributed by atoms with Crippen LogP contribution in [0.4, 0.5) is 0 Å². The number of carboxylic acid groups (broad SMARTS) is 1. The second-order valence-electron chi connectivity index (χ2n) is 2.84. The van der Waals surface area contributed by atoms with Crippen LogP contribution in [0.15, 0.2) is 0 Å². The third-order valence-corrected chi connectivity index (χ3v) is 2.06. The third kappa shape index (κ3) is 5.29. The molecule has 0 saturated carbocycles. The molecule has 14 heavy (non-hydrogen) atoms. The normalized spacial score (nSPS) is 12.6. The summed E-state index contributed by atoms with van der Waals surface area (Å²) < 4.78 is 0. The number of amides is 1. The number of rotatable bonds is 6. The van der Waals surface area contributed by atoms with Crippen molar-refractivity contribution in [3.05, 3.63) is 0 Å². The van der Waals surface area contributed by atoms with Gasteiger partial charge < -0.3 is 10.4 Å². The van der Waals surface area contributed by atoms with Crippen molar-refractivity contribution in [1.29, 1.82) is 0 Å². The maximum Gasteiger partial charge on any atom is 0.326 e. The van der Waals surface area contributed by atoms with E-state index in [-0.39, 0.29) is 0 Å². The molecular formula is C8H13Cl2NO3. The summed E-state index contributed by atoms with van der Waals surface area (Å²) in [4.78, 5) is 20.4. The Bertz CT molecular complexity index is 209. The Balaban J connectivity index is 4.09. The van der Waals surface area contributed by atoms with E-state index >= 15 is 0 Å². The van der Waals surface area contributed by atoms with Gasteiger partial charge >= 0.3 is 5.97 Å². The van der Waals surface area contributed by atoms with Crippen LogP contribution in [0.1, 0.15) is 26.2 Å². The number of hydrogen-bond donors (Lipinski definition) is 2. The van der Waals surface area contributed by atoms with Gasteiger partial charge in [-0.2, -0.15) is 0 Å². The lowest BCUT2D eigenvalue weighted by Gasteiger charge is -2.14. The molecule has 0 spiro atoms. The average molecular weight is 242 g/mol. The van der Waals surface area contributed by atoms with E-state index in [0.717, 1.165) is 12.8 Å². The van der Waals surface area contributed by atoms with Crippen LogP contribution in [0.2, 0.25) is 0 Å². The van der Waals surface area contributed by atoms with Crippen molar-refractivity contribution in [2.75, 3.05) is 0 Å². The molecule has 0 aromatic heterocycles. The van der Waals surface area contributed by atoms with E-state index in [0.29, 0.717) is 6.42 Å². The molecule has 0 radical (unpaired) electrons. The van der Waals surface area contributed by atoms with E-state index in [1.807, 2.05) is 6.92 Å². The number of alkyl halides is 2. The molecule has 0 aliphatic heterocycles. The zero-order valence-corrected chi connectivity index (χ0v) is 9.31. The summed E-state index contributed by atoms with van der Waals surface area (Å²) in [7, 11) is 0. The lowest BCUT2D eigenvalue weighted by atomic mass is 10.1. The third-order valence-electron chi connectivity index (χ3n) is 1.66. The number of aliphatic carboxylic acids is 1. The highest BCUT2D eigenvalue weighted by Gasteiger charge is 2.21. The predicted octanol–water partition coefficient (Wildman–Crippen LogP) is 1.55. The fraction of sp³-hybridized carbons (Fsp3) is 0.750. The van der Waals surface area contributed by atoms with Gasteiger partial charge in [-0.1, -0.05) is 43.0 Å². The summed E-state index contributed by atoms with van der Waals surface area (Å²) in [6.07, 6.45) is 1.98. The molecule has 1 amide bonds. The Morgan fingerprint density at radius 1 is 1.43 bits per heavy atom. The highest BCUT2D eigenvalue weighted by molar-refractivity contribution is 6.53. The Labute approximate surface area is 92.6 Å². The first-order valence-corrected chi connectivity index (χ1v) is 5.17. The number of carbonyl (C=O) groups excluding carboxylic acids is 1. The van der Waals surface area contributed by atoms with Crippen molar-refractivity contribution < 1.29 is 14.7 Å². The Morgan fingerprint density at radius 3 is 2.36 bits per heavy atom. The minimum Gasteiger partial charge on any atom is -0.480 e. The molecule has 2 N–H and O–H groups in total. The van der Waals surface area contributed by atoms with Crippen LogP contribution in [-0.2, 0) is 9.59 Å². The first-order chi connectivity index (χ1) is 6.49. The van der Waals surface area contributed by atoms with Gasteiger partial charge in [0, 0.05) is 0 Å². The summed E-state index contributed by atoms with van der Waals surface area (Å²) in [6, 6.07) is -0.901. The number of carboxylic acids is 1. The number of unbranched alkanes of at least 4 members (excludes halogenated alkanes) is 1. The molecule has 0 bridgehead atoms. The molecule has 0 unspecified atom stereocenters. The minimum absolute atomic E-state index is 0.387. The van der Waals surface area contributed by atoms with Crippen molar-refractivity contribution in [3.63, 3.8) is 0 Å². The second-order valence-corrected chi connectivity index (χ2v) is 3.94. The molecule has 0 aliphatic rings. The second kappa shape index (κ2) is 6.90. The summed E-state index contributed by atoms with van der Waals surface area (Å²) in [5, 5.41) is 11.0. The summed E-state index contributed by atoms with van der Waals surface area (Å²) in [6.45, 7) is 1.94. The van der Waals surface area contributed by atoms with E-state index in [2.05, 4.69) is 5.32 Å². The summed E-state index contributed by atoms with van der Waals surface area (Å²) in [5.41, 5.74) is 0. The van der Waals surface area contributed by atoms with Crippen LogP contribution in [0.25, 0.3) is 0 Å². The van der Waals surface area contributed by atoms with Gasteiger partial charge in [-0.3, -0.25) is 4.79 Å². The van der Waals surface area contributed by atoms with E-state index in [1.165, 1.54) is 0 Å². The van der Waals surface area contributed by atoms with Crippen molar-refractivity contribution >= 4 is 35.1 Å². The van der Waals surface area contributed by atoms with Gasteiger partial charge in [-0.25, -0.2) is 4.79 Å². The quantitative estimate of drug-likeness (QED) is 0.694. The van der Waals surface area contributed by atoms with E-state index < -0.39 is 22.8 Å². The average Bonchev–Trinajstić information content (AvgIpc) is 2.10. The maximum absolute atomic E-state index is 11.0. The standard InChI is InChI=1S/C8H13Cl2NO3/c1-2-3-4-5(8(13)14)11-7(12)6(9)10/h5-6H,2-4H2,1H3,(H,11,12)(H,13,14)/t5-/m0/s1. The Hall–Kier alpha value is -0.480. The molecule has 0 rings (SSSR count). The van der Waals surface area contributed by atoms with Gasteiger partial charge in [0.2, 0.25) is 0 Å². The van der Waals surface area contributed by atoms with Crippen LogP contribution in [-0.4, -0.2) is 27.9 Å². The van der Waals surface area contributed by atoms with Gasteiger partial charge in [-0.15, -0.1) is 0 Å². The number of halogens is 2. The van der Waals surface area contributed by atoms with Gasteiger partial charge in [0.1, 0.15) is 6.04 Å². The smallest absolute Gasteiger partial charge is 0.326 e. The molecule has 0 aromatic carbocycles. The minimum atomic E-state index is -1.22.